The summed E-state index contributed by atoms with van der Waals surface area (Å²) >= 11 is 1.56. The third kappa shape index (κ3) is 2.50. The zero-order valence-corrected chi connectivity index (χ0v) is 9.29. The molecule has 0 aliphatic rings. The highest BCUT2D eigenvalue weighted by Crippen LogP contribution is 2.16. The van der Waals surface area contributed by atoms with Crippen LogP contribution >= 0.6 is 11.3 Å². The lowest BCUT2D eigenvalue weighted by Gasteiger charge is -2.02. The highest BCUT2D eigenvalue weighted by Gasteiger charge is 2.01. The predicted octanol–water partition coefficient (Wildman–Crippen LogP) is 2.42. The average molecular weight is 220 g/mol. The van der Waals surface area contributed by atoms with Crippen molar-refractivity contribution in [2.24, 2.45) is 0 Å². The second-order valence-electron chi connectivity index (χ2n) is 3.10. The van der Waals surface area contributed by atoms with Gasteiger partial charge in [-0.1, -0.05) is 6.92 Å². The Kier molecular flexibility index (Phi) is 3.24. The zero-order chi connectivity index (χ0) is 10.5. The van der Waals surface area contributed by atoms with E-state index in [2.05, 4.69) is 27.4 Å². The fourth-order valence-electron chi connectivity index (χ4n) is 1.16. The molecule has 4 nitrogen and oxygen atoms in total. The van der Waals surface area contributed by atoms with Crippen LogP contribution in [0.15, 0.2) is 23.0 Å². The topological polar surface area (TPSA) is 50.7 Å². The van der Waals surface area contributed by atoms with Crippen molar-refractivity contribution in [2.45, 2.75) is 13.3 Å². The Morgan fingerprint density at radius 3 is 2.80 bits per heavy atom. The van der Waals surface area contributed by atoms with E-state index in [1.54, 1.807) is 16.8 Å². The summed E-state index contributed by atoms with van der Waals surface area (Å²) in [6, 6.07) is 3.86. The maximum Gasteiger partial charge on any atom is 0.148 e. The summed E-state index contributed by atoms with van der Waals surface area (Å²) in [5.74, 6) is 0.816. The Hall–Kier alpha value is -1.49. The van der Waals surface area contributed by atoms with E-state index < -0.39 is 0 Å². The summed E-state index contributed by atoms with van der Waals surface area (Å²) < 4.78 is 0. The van der Waals surface area contributed by atoms with Crippen molar-refractivity contribution in [1.82, 2.24) is 15.2 Å². The molecule has 5 heteroatoms. The van der Waals surface area contributed by atoms with Gasteiger partial charge in [-0.2, -0.15) is 0 Å². The molecule has 0 atom stereocenters. The number of anilines is 1. The van der Waals surface area contributed by atoms with Crippen molar-refractivity contribution in [3.05, 3.63) is 23.0 Å². The second-order valence-corrected chi connectivity index (χ2v) is 3.82. The summed E-state index contributed by atoms with van der Waals surface area (Å²) in [5.41, 5.74) is 3.49. The van der Waals surface area contributed by atoms with Crippen LogP contribution in [0.5, 0.6) is 0 Å². The Labute approximate surface area is 92.4 Å². The molecule has 0 saturated heterocycles. The second kappa shape index (κ2) is 4.84. The molecule has 15 heavy (non-hydrogen) atoms. The van der Waals surface area contributed by atoms with Gasteiger partial charge in [0.25, 0.3) is 0 Å². The molecule has 0 amide bonds. The summed E-state index contributed by atoms with van der Waals surface area (Å²) in [4.78, 5) is 4.17. The Morgan fingerprint density at radius 1 is 1.27 bits per heavy atom. The highest BCUT2D eigenvalue weighted by molar-refractivity contribution is 7.07. The largest absolute Gasteiger partial charge is 0.369 e. The van der Waals surface area contributed by atoms with Gasteiger partial charge in [-0.25, -0.2) is 4.98 Å². The first-order valence-electron chi connectivity index (χ1n) is 4.86. The SMILES string of the molecule is CCCNc1ccc(-c2cscn2)nn1. The molecule has 0 aromatic carbocycles. The quantitative estimate of drug-likeness (QED) is 0.859. The monoisotopic (exact) mass is 220 g/mol. The van der Waals surface area contributed by atoms with E-state index in [1.165, 1.54) is 0 Å². The average Bonchev–Trinajstić information content (AvgIpc) is 2.80. The van der Waals surface area contributed by atoms with E-state index in [1.807, 2.05) is 17.5 Å². The number of hydrogen-bond acceptors (Lipinski definition) is 5. The van der Waals surface area contributed by atoms with Crippen LogP contribution in [0.25, 0.3) is 11.4 Å². The fourth-order valence-corrected chi connectivity index (χ4v) is 1.70. The minimum Gasteiger partial charge on any atom is -0.369 e. The molecule has 0 radical (unpaired) electrons. The number of aromatic nitrogens is 3. The molecule has 0 unspecified atom stereocenters. The van der Waals surface area contributed by atoms with Crippen LogP contribution in [0.1, 0.15) is 13.3 Å². The number of nitrogens with zero attached hydrogens (tertiary/aromatic N) is 3. The molecule has 0 saturated carbocycles. The standard InChI is InChI=1S/C10H12N4S/c1-2-5-11-10-4-3-8(13-14-10)9-6-15-7-12-9/h3-4,6-7H,2,5H2,1H3,(H,11,14). The van der Waals surface area contributed by atoms with Gasteiger partial charge in [-0.15, -0.1) is 21.5 Å². The van der Waals surface area contributed by atoms with Crippen molar-refractivity contribution in [2.75, 3.05) is 11.9 Å². The summed E-state index contributed by atoms with van der Waals surface area (Å²) in [6.07, 6.45) is 1.08. The van der Waals surface area contributed by atoms with Crippen LogP contribution in [0, 0.1) is 0 Å². The van der Waals surface area contributed by atoms with Crippen molar-refractivity contribution in [3.8, 4) is 11.4 Å². The fraction of sp³-hybridized carbons (Fsp3) is 0.300. The molecule has 78 valence electrons. The van der Waals surface area contributed by atoms with Crippen molar-refractivity contribution in [3.63, 3.8) is 0 Å². The molecular formula is C10H12N4S. The Morgan fingerprint density at radius 2 is 2.20 bits per heavy atom. The number of nitrogens with one attached hydrogen (secondary N) is 1. The van der Waals surface area contributed by atoms with Gasteiger partial charge >= 0.3 is 0 Å². The number of hydrogen-bond donors (Lipinski definition) is 1. The molecule has 0 spiro atoms. The van der Waals surface area contributed by atoms with Crippen molar-refractivity contribution < 1.29 is 0 Å². The predicted molar refractivity (Wildman–Crippen MR) is 61.9 cm³/mol. The molecule has 0 bridgehead atoms. The smallest absolute Gasteiger partial charge is 0.148 e. The van der Waals surface area contributed by atoms with Gasteiger partial charge in [0.1, 0.15) is 17.2 Å². The van der Waals surface area contributed by atoms with E-state index in [0.717, 1.165) is 30.2 Å². The molecule has 2 aromatic rings. The molecule has 2 rings (SSSR count). The molecule has 0 fully saturated rings. The highest BCUT2D eigenvalue weighted by atomic mass is 32.1. The lowest BCUT2D eigenvalue weighted by molar-refractivity contribution is 0.944. The van der Waals surface area contributed by atoms with E-state index in [4.69, 9.17) is 0 Å². The summed E-state index contributed by atoms with van der Waals surface area (Å²) in [5, 5.41) is 13.3. The van der Waals surface area contributed by atoms with Crippen LogP contribution in [-0.2, 0) is 0 Å². The lowest BCUT2D eigenvalue weighted by Crippen LogP contribution is -2.02. The molecule has 0 aliphatic carbocycles. The third-order valence-electron chi connectivity index (χ3n) is 1.92. The molecule has 2 aromatic heterocycles. The molecule has 2 heterocycles. The normalized spacial score (nSPS) is 10.2. The van der Waals surface area contributed by atoms with E-state index in [9.17, 15) is 0 Å². The first kappa shape index (κ1) is 10.0. The molecule has 0 aliphatic heterocycles. The van der Waals surface area contributed by atoms with Gasteiger partial charge in [-0.3, -0.25) is 0 Å². The van der Waals surface area contributed by atoms with Gasteiger partial charge < -0.3 is 5.32 Å². The van der Waals surface area contributed by atoms with E-state index >= 15 is 0 Å². The van der Waals surface area contributed by atoms with Crippen molar-refractivity contribution in [1.29, 1.82) is 0 Å². The maximum atomic E-state index is 4.17. The van der Waals surface area contributed by atoms with Crippen LogP contribution in [0.4, 0.5) is 5.82 Å². The molecular weight excluding hydrogens is 208 g/mol. The van der Waals surface area contributed by atoms with E-state index in [0.29, 0.717) is 0 Å². The van der Waals surface area contributed by atoms with Crippen LogP contribution < -0.4 is 5.32 Å². The van der Waals surface area contributed by atoms with Gasteiger partial charge in [0.05, 0.1) is 5.51 Å². The summed E-state index contributed by atoms with van der Waals surface area (Å²) in [7, 11) is 0. The van der Waals surface area contributed by atoms with E-state index in [-0.39, 0.29) is 0 Å². The zero-order valence-electron chi connectivity index (χ0n) is 8.47. The van der Waals surface area contributed by atoms with Gasteiger partial charge in [0, 0.05) is 11.9 Å². The summed E-state index contributed by atoms with van der Waals surface area (Å²) in [6.45, 7) is 3.04. The molecule has 1 N–H and O–H groups in total. The van der Waals surface area contributed by atoms with Gasteiger partial charge in [0.15, 0.2) is 0 Å². The van der Waals surface area contributed by atoms with Crippen LogP contribution in [-0.4, -0.2) is 21.7 Å². The minimum absolute atomic E-state index is 0.816. The number of rotatable bonds is 4. The lowest BCUT2D eigenvalue weighted by atomic mass is 10.3. The minimum atomic E-state index is 0.816. The first-order valence-corrected chi connectivity index (χ1v) is 5.80. The number of thiazole rings is 1. The first-order chi connectivity index (χ1) is 7.40. The Balaban J connectivity index is 2.11. The van der Waals surface area contributed by atoms with Crippen molar-refractivity contribution >= 4 is 17.2 Å². The van der Waals surface area contributed by atoms with Gasteiger partial charge in [-0.05, 0) is 18.6 Å². The van der Waals surface area contributed by atoms with Crippen LogP contribution in [0.2, 0.25) is 0 Å². The Bertz CT molecular complexity index is 396. The maximum absolute atomic E-state index is 4.17. The third-order valence-corrected chi connectivity index (χ3v) is 2.50. The van der Waals surface area contributed by atoms with Gasteiger partial charge in [0.2, 0.25) is 0 Å². The van der Waals surface area contributed by atoms with Crippen LogP contribution in [0.3, 0.4) is 0 Å².